The zero-order valence-corrected chi connectivity index (χ0v) is 8.38. The highest BCUT2D eigenvalue weighted by Crippen LogP contribution is 2.03. The number of aliphatic carboxylic acids is 2. The highest BCUT2D eigenvalue weighted by molar-refractivity contribution is 5.80. The fourth-order valence-corrected chi connectivity index (χ4v) is 1.07. The number of hydrogen-bond acceptors (Lipinski definition) is 4. The first-order valence-electron chi connectivity index (χ1n) is 4.61. The van der Waals surface area contributed by atoms with Gasteiger partial charge in [0.1, 0.15) is 6.04 Å². The van der Waals surface area contributed by atoms with Gasteiger partial charge in [-0.25, -0.2) is 5.43 Å². The molecule has 16 heavy (non-hydrogen) atoms. The minimum atomic E-state index is -1.22. The van der Waals surface area contributed by atoms with E-state index in [1.165, 1.54) is 0 Å². The van der Waals surface area contributed by atoms with Crippen molar-refractivity contribution < 1.29 is 19.8 Å². The molecule has 0 aromatic heterocycles. The normalized spacial score (nSPS) is 11.8. The van der Waals surface area contributed by atoms with Crippen molar-refractivity contribution in [3.8, 4) is 0 Å². The molecule has 1 aromatic rings. The number of hydrogen-bond donors (Lipinski definition) is 4. The van der Waals surface area contributed by atoms with Crippen molar-refractivity contribution in [1.82, 2.24) is 5.43 Å². The van der Waals surface area contributed by atoms with Crippen molar-refractivity contribution in [3.63, 3.8) is 0 Å². The number of hydrazine groups is 1. The highest BCUT2D eigenvalue weighted by atomic mass is 16.4. The molecule has 0 fully saturated rings. The Balaban J connectivity index is 2.50. The molecule has 0 saturated heterocycles. The number of benzene rings is 1. The first-order valence-corrected chi connectivity index (χ1v) is 4.61. The van der Waals surface area contributed by atoms with Crippen molar-refractivity contribution in [2.75, 3.05) is 5.43 Å². The van der Waals surface area contributed by atoms with Gasteiger partial charge in [-0.05, 0) is 12.1 Å². The van der Waals surface area contributed by atoms with Crippen LogP contribution in [0.25, 0.3) is 0 Å². The van der Waals surface area contributed by atoms with Crippen molar-refractivity contribution in [2.24, 2.45) is 0 Å². The Morgan fingerprint density at radius 2 is 1.81 bits per heavy atom. The second-order valence-electron chi connectivity index (χ2n) is 3.12. The summed E-state index contributed by atoms with van der Waals surface area (Å²) in [6.45, 7) is 0. The van der Waals surface area contributed by atoms with E-state index in [-0.39, 0.29) is 0 Å². The van der Waals surface area contributed by atoms with Gasteiger partial charge in [-0.2, -0.15) is 0 Å². The zero-order valence-electron chi connectivity index (χ0n) is 8.38. The molecule has 4 N–H and O–H groups in total. The number of anilines is 1. The van der Waals surface area contributed by atoms with Gasteiger partial charge in [0, 0.05) is 5.69 Å². The Hall–Kier alpha value is -2.08. The van der Waals surface area contributed by atoms with Crippen LogP contribution in [-0.4, -0.2) is 28.2 Å². The number of rotatable bonds is 6. The van der Waals surface area contributed by atoms with E-state index in [2.05, 4.69) is 10.9 Å². The largest absolute Gasteiger partial charge is 0.481 e. The Kier molecular flexibility index (Phi) is 4.28. The van der Waals surface area contributed by atoms with Crippen LogP contribution in [0.15, 0.2) is 30.3 Å². The van der Waals surface area contributed by atoms with E-state index in [0.717, 1.165) is 0 Å². The standard InChI is InChI=1S/C10H12N2O4/c13-9(14)6-8(10(15)16)12-11-7-4-2-1-3-5-7/h1-5,8,11-12H,6H2,(H,13,14)(H,15,16). The molecule has 86 valence electrons. The smallest absolute Gasteiger partial charge is 0.323 e. The second-order valence-corrected chi connectivity index (χ2v) is 3.12. The summed E-state index contributed by atoms with van der Waals surface area (Å²) in [5, 5.41) is 17.2. The molecule has 0 heterocycles. The number of carboxylic acid groups (broad SMARTS) is 2. The van der Waals surface area contributed by atoms with Crippen LogP contribution in [0.4, 0.5) is 5.69 Å². The van der Waals surface area contributed by atoms with Crippen LogP contribution in [-0.2, 0) is 9.59 Å². The molecule has 6 heteroatoms. The zero-order chi connectivity index (χ0) is 12.0. The van der Waals surface area contributed by atoms with E-state index >= 15 is 0 Å². The average molecular weight is 224 g/mol. The van der Waals surface area contributed by atoms with E-state index in [1.807, 2.05) is 6.07 Å². The number of carboxylic acids is 2. The van der Waals surface area contributed by atoms with Gasteiger partial charge < -0.3 is 15.6 Å². The molecule has 6 nitrogen and oxygen atoms in total. The lowest BCUT2D eigenvalue weighted by Gasteiger charge is -2.14. The molecule has 1 atom stereocenters. The number of nitrogens with one attached hydrogen (secondary N) is 2. The molecule has 1 rings (SSSR count). The van der Waals surface area contributed by atoms with Gasteiger partial charge in [-0.3, -0.25) is 9.59 Å². The monoisotopic (exact) mass is 224 g/mol. The minimum Gasteiger partial charge on any atom is -0.481 e. The molecule has 1 aromatic carbocycles. The van der Waals surface area contributed by atoms with E-state index in [1.54, 1.807) is 24.3 Å². The van der Waals surface area contributed by atoms with Crippen LogP contribution in [0.3, 0.4) is 0 Å². The third kappa shape index (κ3) is 3.97. The first kappa shape index (κ1) is 12.0. The fourth-order valence-electron chi connectivity index (χ4n) is 1.07. The van der Waals surface area contributed by atoms with Crippen LogP contribution in [0.2, 0.25) is 0 Å². The van der Waals surface area contributed by atoms with E-state index in [0.29, 0.717) is 5.69 Å². The summed E-state index contributed by atoms with van der Waals surface area (Å²) in [5.41, 5.74) is 5.74. The Bertz CT molecular complexity index is 366. The molecule has 0 radical (unpaired) electrons. The van der Waals surface area contributed by atoms with Gasteiger partial charge in [0.15, 0.2) is 0 Å². The Morgan fingerprint density at radius 1 is 1.19 bits per heavy atom. The third-order valence-electron chi connectivity index (χ3n) is 1.84. The Labute approximate surface area is 91.9 Å². The average Bonchev–Trinajstić information content (AvgIpc) is 2.25. The van der Waals surface area contributed by atoms with E-state index in [9.17, 15) is 9.59 Å². The summed E-state index contributed by atoms with van der Waals surface area (Å²) in [5.74, 6) is -2.39. The van der Waals surface area contributed by atoms with Crippen molar-refractivity contribution in [1.29, 1.82) is 0 Å². The fraction of sp³-hybridized carbons (Fsp3) is 0.200. The van der Waals surface area contributed by atoms with Gasteiger partial charge in [-0.15, -0.1) is 0 Å². The SMILES string of the molecule is O=C(O)CC(NNc1ccccc1)C(=O)O. The number of carbonyl (C=O) groups is 2. The minimum absolute atomic E-state index is 0.491. The van der Waals surface area contributed by atoms with Gasteiger partial charge in [0.2, 0.25) is 0 Å². The highest BCUT2D eigenvalue weighted by Gasteiger charge is 2.20. The van der Waals surface area contributed by atoms with Crippen LogP contribution in [0.5, 0.6) is 0 Å². The summed E-state index contributed by atoms with van der Waals surface area (Å²) in [6.07, 6.45) is -0.491. The molecule has 0 aliphatic carbocycles. The molecular weight excluding hydrogens is 212 g/mol. The molecule has 0 saturated carbocycles. The molecule has 1 unspecified atom stereocenters. The predicted octanol–water partition coefficient (Wildman–Crippen LogP) is 0.531. The van der Waals surface area contributed by atoms with Gasteiger partial charge in [-0.1, -0.05) is 18.2 Å². The molecule has 0 amide bonds. The van der Waals surface area contributed by atoms with Crippen molar-refractivity contribution in [2.45, 2.75) is 12.5 Å². The van der Waals surface area contributed by atoms with Crippen molar-refractivity contribution in [3.05, 3.63) is 30.3 Å². The van der Waals surface area contributed by atoms with Crippen LogP contribution in [0, 0.1) is 0 Å². The predicted molar refractivity (Wildman–Crippen MR) is 56.9 cm³/mol. The molecule has 0 aliphatic heterocycles. The lowest BCUT2D eigenvalue weighted by Crippen LogP contribution is -2.41. The van der Waals surface area contributed by atoms with Crippen LogP contribution in [0.1, 0.15) is 6.42 Å². The third-order valence-corrected chi connectivity index (χ3v) is 1.84. The lowest BCUT2D eigenvalue weighted by molar-refractivity contribution is -0.145. The first-order chi connectivity index (χ1) is 7.59. The second kappa shape index (κ2) is 5.72. The summed E-state index contributed by atoms with van der Waals surface area (Å²) < 4.78 is 0. The molecular formula is C10H12N2O4. The van der Waals surface area contributed by atoms with Crippen LogP contribution >= 0.6 is 0 Å². The summed E-state index contributed by atoms with van der Waals surface area (Å²) in [7, 11) is 0. The maximum absolute atomic E-state index is 10.7. The molecule has 0 aliphatic rings. The van der Waals surface area contributed by atoms with Crippen molar-refractivity contribution >= 4 is 17.6 Å². The van der Waals surface area contributed by atoms with E-state index < -0.39 is 24.4 Å². The molecule has 0 bridgehead atoms. The maximum atomic E-state index is 10.7. The summed E-state index contributed by atoms with van der Waals surface area (Å²) >= 11 is 0. The van der Waals surface area contributed by atoms with Crippen LogP contribution < -0.4 is 10.9 Å². The Morgan fingerprint density at radius 3 is 2.31 bits per heavy atom. The maximum Gasteiger partial charge on any atom is 0.323 e. The quantitative estimate of drug-likeness (QED) is 0.526. The van der Waals surface area contributed by atoms with Gasteiger partial charge in [0.25, 0.3) is 0 Å². The van der Waals surface area contributed by atoms with Gasteiger partial charge >= 0.3 is 11.9 Å². The topological polar surface area (TPSA) is 98.7 Å². The summed E-state index contributed by atoms with van der Waals surface area (Å²) in [4.78, 5) is 21.1. The molecule has 0 spiro atoms. The lowest BCUT2D eigenvalue weighted by atomic mass is 10.2. The number of para-hydroxylation sites is 1. The van der Waals surface area contributed by atoms with E-state index in [4.69, 9.17) is 10.2 Å². The van der Waals surface area contributed by atoms with Gasteiger partial charge in [0.05, 0.1) is 6.42 Å². The summed E-state index contributed by atoms with van der Waals surface area (Å²) in [6, 6.07) is 7.66.